The van der Waals surface area contributed by atoms with E-state index in [1.54, 1.807) is 10.9 Å². The van der Waals surface area contributed by atoms with Crippen LogP contribution in [0.3, 0.4) is 0 Å². The van der Waals surface area contributed by atoms with Crippen molar-refractivity contribution in [1.29, 1.82) is 0 Å². The number of aromatic nitrogens is 2. The highest BCUT2D eigenvalue weighted by Gasteiger charge is 1.97. The fourth-order valence-corrected chi connectivity index (χ4v) is 1.29. The summed E-state index contributed by atoms with van der Waals surface area (Å²) in [5.41, 5.74) is 2.26. The Balaban J connectivity index is 2.09. The maximum atomic E-state index is 4.08. The second-order valence-corrected chi connectivity index (χ2v) is 3.39. The lowest BCUT2D eigenvalue weighted by atomic mass is 10.2. The summed E-state index contributed by atoms with van der Waals surface area (Å²) in [6.07, 6.45) is 3.57. The standard InChI is InChI=1S/C12H13N3/c1-10-4-6-12(7-5-10)14-11(2)15-9-3-8-13-15/h3-9,14H,2H2,1H3. The average Bonchev–Trinajstić information content (AvgIpc) is 2.74. The summed E-state index contributed by atoms with van der Waals surface area (Å²) in [6, 6.07) is 10.0. The summed E-state index contributed by atoms with van der Waals surface area (Å²) in [5, 5.41) is 7.26. The van der Waals surface area contributed by atoms with Gasteiger partial charge in [-0.25, -0.2) is 4.68 Å². The van der Waals surface area contributed by atoms with Crippen molar-refractivity contribution < 1.29 is 0 Å². The van der Waals surface area contributed by atoms with E-state index in [1.165, 1.54) is 5.56 Å². The maximum absolute atomic E-state index is 4.08. The summed E-state index contributed by atoms with van der Waals surface area (Å²) in [4.78, 5) is 0. The zero-order valence-electron chi connectivity index (χ0n) is 8.64. The summed E-state index contributed by atoms with van der Waals surface area (Å²) >= 11 is 0. The van der Waals surface area contributed by atoms with Gasteiger partial charge in [0.2, 0.25) is 0 Å². The third kappa shape index (κ3) is 2.26. The van der Waals surface area contributed by atoms with Gasteiger partial charge in [0.25, 0.3) is 0 Å². The zero-order chi connectivity index (χ0) is 10.7. The monoisotopic (exact) mass is 199 g/mol. The number of nitrogens with zero attached hydrogens (tertiary/aromatic N) is 2. The molecule has 0 unspecified atom stereocenters. The molecule has 0 radical (unpaired) electrons. The maximum Gasteiger partial charge on any atom is 0.124 e. The lowest BCUT2D eigenvalue weighted by Gasteiger charge is -2.09. The van der Waals surface area contributed by atoms with Gasteiger partial charge in [0.05, 0.1) is 0 Å². The molecule has 1 N–H and O–H groups in total. The van der Waals surface area contributed by atoms with Crippen molar-refractivity contribution in [1.82, 2.24) is 9.78 Å². The minimum Gasteiger partial charge on any atom is -0.341 e. The largest absolute Gasteiger partial charge is 0.341 e. The van der Waals surface area contributed by atoms with Crippen molar-refractivity contribution in [2.24, 2.45) is 0 Å². The first kappa shape index (κ1) is 9.52. The summed E-state index contributed by atoms with van der Waals surface area (Å²) in [6.45, 7) is 5.97. The Bertz CT molecular complexity index is 440. The number of hydrogen-bond acceptors (Lipinski definition) is 2. The van der Waals surface area contributed by atoms with Crippen LogP contribution in [0.25, 0.3) is 5.82 Å². The summed E-state index contributed by atoms with van der Waals surface area (Å²) < 4.78 is 1.69. The van der Waals surface area contributed by atoms with E-state index >= 15 is 0 Å². The molecule has 1 aromatic carbocycles. The Hall–Kier alpha value is -2.03. The normalized spacial score (nSPS) is 9.93. The van der Waals surface area contributed by atoms with Gasteiger partial charge >= 0.3 is 0 Å². The van der Waals surface area contributed by atoms with Gasteiger partial charge < -0.3 is 5.32 Å². The van der Waals surface area contributed by atoms with Crippen LogP contribution in [0.1, 0.15) is 5.56 Å². The highest BCUT2D eigenvalue weighted by Crippen LogP contribution is 2.12. The summed E-state index contributed by atoms with van der Waals surface area (Å²) in [5.74, 6) is 0.740. The molecule has 0 bridgehead atoms. The summed E-state index contributed by atoms with van der Waals surface area (Å²) in [7, 11) is 0. The van der Waals surface area contributed by atoms with E-state index in [9.17, 15) is 0 Å². The first-order chi connectivity index (χ1) is 7.25. The molecule has 15 heavy (non-hydrogen) atoms. The van der Waals surface area contributed by atoms with Crippen molar-refractivity contribution in [3.8, 4) is 0 Å². The molecule has 0 saturated carbocycles. The van der Waals surface area contributed by atoms with Crippen molar-refractivity contribution in [3.63, 3.8) is 0 Å². The van der Waals surface area contributed by atoms with Gasteiger partial charge in [0, 0.05) is 18.1 Å². The highest BCUT2D eigenvalue weighted by atomic mass is 15.3. The Morgan fingerprint density at radius 1 is 1.33 bits per heavy atom. The van der Waals surface area contributed by atoms with Gasteiger partial charge in [-0.2, -0.15) is 5.10 Å². The number of hydrogen-bond donors (Lipinski definition) is 1. The molecule has 0 fully saturated rings. The fraction of sp³-hybridized carbons (Fsp3) is 0.0833. The number of nitrogens with one attached hydrogen (secondary N) is 1. The van der Waals surface area contributed by atoms with E-state index in [4.69, 9.17) is 0 Å². The van der Waals surface area contributed by atoms with Crippen molar-refractivity contribution in [2.45, 2.75) is 6.92 Å². The van der Waals surface area contributed by atoms with E-state index in [0.717, 1.165) is 11.5 Å². The van der Waals surface area contributed by atoms with Crippen LogP contribution < -0.4 is 5.32 Å². The SMILES string of the molecule is C=C(Nc1ccc(C)cc1)n1cccn1. The minimum atomic E-state index is 0.740. The molecule has 0 atom stereocenters. The zero-order valence-corrected chi connectivity index (χ0v) is 8.64. The smallest absolute Gasteiger partial charge is 0.124 e. The van der Waals surface area contributed by atoms with Gasteiger partial charge in [0.1, 0.15) is 5.82 Å². The molecule has 0 saturated heterocycles. The molecule has 3 nitrogen and oxygen atoms in total. The Morgan fingerprint density at radius 2 is 2.07 bits per heavy atom. The van der Waals surface area contributed by atoms with E-state index in [0.29, 0.717) is 0 Å². The predicted molar refractivity (Wildman–Crippen MR) is 62.4 cm³/mol. The van der Waals surface area contributed by atoms with Crippen LogP contribution in [0.5, 0.6) is 0 Å². The van der Waals surface area contributed by atoms with Gasteiger partial charge in [0.15, 0.2) is 0 Å². The van der Waals surface area contributed by atoms with Crippen molar-refractivity contribution in [3.05, 3.63) is 54.9 Å². The molecule has 0 amide bonds. The van der Waals surface area contributed by atoms with Gasteiger partial charge in [-0.1, -0.05) is 24.3 Å². The molecule has 3 heteroatoms. The van der Waals surface area contributed by atoms with Crippen LogP contribution in [0, 0.1) is 6.92 Å². The van der Waals surface area contributed by atoms with Crippen LogP contribution in [0.2, 0.25) is 0 Å². The lowest BCUT2D eigenvalue weighted by molar-refractivity contribution is 0.901. The van der Waals surface area contributed by atoms with Crippen LogP contribution in [-0.2, 0) is 0 Å². The number of rotatable bonds is 3. The van der Waals surface area contributed by atoms with E-state index in [-0.39, 0.29) is 0 Å². The van der Waals surface area contributed by atoms with Crippen LogP contribution in [0.4, 0.5) is 5.69 Å². The Labute approximate surface area is 89.1 Å². The number of aryl methyl sites for hydroxylation is 1. The molecular formula is C12H13N3. The quantitative estimate of drug-likeness (QED) is 0.823. The van der Waals surface area contributed by atoms with Crippen LogP contribution in [-0.4, -0.2) is 9.78 Å². The third-order valence-corrected chi connectivity index (χ3v) is 2.12. The minimum absolute atomic E-state index is 0.740. The fourth-order valence-electron chi connectivity index (χ4n) is 1.29. The highest BCUT2D eigenvalue weighted by molar-refractivity contribution is 5.62. The predicted octanol–water partition coefficient (Wildman–Crippen LogP) is 2.73. The Kier molecular flexibility index (Phi) is 2.54. The number of anilines is 1. The molecule has 2 rings (SSSR count). The molecular weight excluding hydrogens is 186 g/mol. The second-order valence-electron chi connectivity index (χ2n) is 3.39. The number of benzene rings is 1. The average molecular weight is 199 g/mol. The van der Waals surface area contributed by atoms with E-state index in [2.05, 4.69) is 36.1 Å². The molecule has 0 spiro atoms. The van der Waals surface area contributed by atoms with Gasteiger partial charge in [-0.05, 0) is 25.1 Å². The van der Waals surface area contributed by atoms with E-state index in [1.807, 2.05) is 24.4 Å². The Morgan fingerprint density at radius 3 is 2.67 bits per heavy atom. The topological polar surface area (TPSA) is 29.9 Å². The van der Waals surface area contributed by atoms with Crippen LogP contribution in [0.15, 0.2) is 49.3 Å². The molecule has 76 valence electrons. The lowest BCUT2D eigenvalue weighted by Crippen LogP contribution is -2.05. The second kappa shape index (κ2) is 4.00. The first-order valence-corrected chi connectivity index (χ1v) is 4.78. The first-order valence-electron chi connectivity index (χ1n) is 4.78. The molecule has 1 heterocycles. The molecule has 2 aromatic rings. The molecule has 1 aromatic heterocycles. The van der Waals surface area contributed by atoms with Crippen molar-refractivity contribution in [2.75, 3.05) is 5.32 Å². The van der Waals surface area contributed by atoms with Gasteiger partial charge in [-0.15, -0.1) is 0 Å². The van der Waals surface area contributed by atoms with Crippen molar-refractivity contribution >= 4 is 11.5 Å². The van der Waals surface area contributed by atoms with Gasteiger partial charge in [-0.3, -0.25) is 0 Å². The molecule has 0 aliphatic carbocycles. The third-order valence-electron chi connectivity index (χ3n) is 2.12. The molecule has 0 aliphatic heterocycles. The van der Waals surface area contributed by atoms with E-state index < -0.39 is 0 Å². The van der Waals surface area contributed by atoms with Crippen LogP contribution >= 0.6 is 0 Å². The molecule has 0 aliphatic rings.